The minimum atomic E-state index is 0.856. The highest BCUT2D eigenvalue weighted by Crippen LogP contribution is 2.34. The van der Waals surface area contributed by atoms with Crippen molar-refractivity contribution in [3.05, 3.63) is 0 Å². The van der Waals surface area contributed by atoms with Crippen LogP contribution in [-0.4, -0.2) is 53.5 Å². The highest BCUT2D eigenvalue weighted by molar-refractivity contribution is 14.1. The second-order valence-electron chi connectivity index (χ2n) is 4.26. The standard InChI is InChI=1S/C9H17IN2/c1-11-5-7-3-8(4-10)12(2)9(7)6-11/h7-9H,3-6H2,1-2H3. The highest BCUT2D eigenvalue weighted by Gasteiger charge is 2.42. The zero-order valence-electron chi connectivity index (χ0n) is 7.83. The Balaban J connectivity index is 2.03. The molecule has 0 spiro atoms. The lowest BCUT2D eigenvalue weighted by Crippen LogP contribution is -2.36. The van der Waals surface area contributed by atoms with Gasteiger partial charge >= 0.3 is 0 Å². The molecule has 2 aliphatic heterocycles. The van der Waals surface area contributed by atoms with Crippen molar-refractivity contribution in [2.75, 3.05) is 31.6 Å². The highest BCUT2D eigenvalue weighted by atomic mass is 127. The minimum absolute atomic E-state index is 0.856. The van der Waals surface area contributed by atoms with Gasteiger partial charge < -0.3 is 4.90 Å². The summed E-state index contributed by atoms with van der Waals surface area (Å²) in [7, 11) is 4.54. The van der Waals surface area contributed by atoms with Gasteiger partial charge in [-0.05, 0) is 26.4 Å². The summed E-state index contributed by atoms with van der Waals surface area (Å²) in [6.45, 7) is 2.61. The number of halogens is 1. The van der Waals surface area contributed by atoms with Gasteiger partial charge in [-0.2, -0.15) is 0 Å². The van der Waals surface area contributed by atoms with Gasteiger partial charge in [-0.25, -0.2) is 0 Å². The lowest BCUT2D eigenvalue weighted by atomic mass is 10.0. The summed E-state index contributed by atoms with van der Waals surface area (Å²) in [6.07, 6.45) is 1.43. The molecule has 0 aromatic heterocycles. The molecule has 0 N–H and O–H groups in total. The third-order valence-electron chi connectivity index (χ3n) is 3.44. The number of hydrogen-bond donors (Lipinski definition) is 0. The maximum Gasteiger partial charge on any atom is 0.0264 e. The van der Waals surface area contributed by atoms with Crippen LogP contribution in [-0.2, 0) is 0 Å². The molecule has 2 nitrogen and oxygen atoms in total. The number of fused-ring (bicyclic) bond motifs is 1. The normalized spacial score (nSPS) is 43.8. The van der Waals surface area contributed by atoms with E-state index < -0.39 is 0 Å². The van der Waals surface area contributed by atoms with E-state index in [0.717, 1.165) is 18.0 Å². The van der Waals surface area contributed by atoms with Gasteiger partial charge in [-0.15, -0.1) is 0 Å². The third-order valence-corrected chi connectivity index (χ3v) is 4.46. The number of rotatable bonds is 1. The Morgan fingerprint density at radius 1 is 1.33 bits per heavy atom. The average Bonchev–Trinajstić information content (AvgIpc) is 2.51. The molecule has 0 amide bonds. The Bertz CT molecular complexity index is 172. The van der Waals surface area contributed by atoms with Gasteiger partial charge in [0.05, 0.1) is 0 Å². The second-order valence-corrected chi connectivity index (χ2v) is 5.14. The number of likely N-dealkylation sites (tertiary alicyclic amines) is 2. The summed E-state index contributed by atoms with van der Waals surface area (Å²) >= 11 is 2.52. The Morgan fingerprint density at radius 3 is 2.67 bits per heavy atom. The molecule has 2 fully saturated rings. The third kappa shape index (κ3) is 1.40. The summed E-state index contributed by atoms with van der Waals surface area (Å²) in [5.74, 6) is 0.958. The Kier molecular flexibility index (Phi) is 2.63. The topological polar surface area (TPSA) is 6.48 Å². The molecule has 2 rings (SSSR count). The van der Waals surface area contributed by atoms with Crippen molar-refractivity contribution in [3.8, 4) is 0 Å². The molecule has 2 heterocycles. The van der Waals surface area contributed by atoms with Crippen molar-refractivity contribution in [1.29, 1.82) is 0 Å². The van der Waals surface area contributed by atoms with Gasteiger partial charge in [-0.1, -0.05) is 22.6 Å². The Hall–Kier alpha value is 0.650. The zero-order valence-corrected chi connectivity index (χ0v) is 9.99. The van der Waals surface area contributed by atoms with E-state index >= 15 is 0 Å². The van der Waals surface area contributed by atoms with E-state index in [1.807, 2.05) is 0 Å². The van der Waals surface area contributed by atoms with Crippen LogP contribution in [0.25, 0.3) is 0 Å². The van der Waals surface area contributed by atoms with Crippen LogP contribution in [0.3, 0.4) is 0 Å². The van der Waals surface area contributed by atoms with E-state index in [0.29, 0.717) is 0 Å². The molecule has 70 valence electrons. The van der Waals surface area contributed by atoms with E-state index in [9.17, 15) is 0 Å². The van der Waals surface area contributed by atoms with Gasteiger partial charge in [0.1, 0.15) is 0 Å². The molecular weight excluding hydrogens is 263 g/mol. The molecule has 0 saturated carbocycles. The fourth-order valence-corrected chi connectivity index (χ4v) is 3.70. The lowest BCUT2D eigenvalue weighted by Gasteiger charge is -2.24. The van der Waals surface area contributed by atoms with Gasteiger partial charge in [0, 0.05) is 29.6 Å². The van der Waals surface area contributed by atoms with Crippen molar-refractivity contribution in [2.24, 2.45) is 5.92 Å². The number of likely N-dealkylation sites (N-methyl/N-ethyl adjacent to an activating group) is 2. The maximum atomic E-state index is 2.60. The zero-order chi connectivity index (χ0) is 8.72. The monoisotopic (exact) mass is 280 g/mol. The van der Waals surface area contributed by atoms with Crippen LogP contribution >= 0.6 is 22.6 Å². The number of alkyl halides is 1. The quantitative estimate of drug-likeness (QED) is 0.523. The molecule has 2 saturated heterocycles. The molecule has 0 aromatic carbocycles. The SMILES string of the molecule is CN1CC2CC(CI)N(C)C2C1. The van der Waals surface area contributed by atoms with Crippen molar-refractivity contribution in [3.63, 3.8) is 0 Å². The summed E-state index contributed by atoms with van der Waals surface area (Å²) in [6, 6.07) is 1.71. The van der Waals surface area contributed by atoms with Crippen molar-refractivity contribution < 1.29 is 0 Å². The van der Waals surface area contributed by atoms with Crippen molar-refractivity contribution >= 4 is 22.6 Å². The predicted molar refractivity (Wildman–Crippen MR) is 59.8 cm³/mol. The van der Waals surface area contributed by atoms with Crippen molar-refractivity contribution in [1.82, 2.24) is 9.80 Å². The Labute approximate surface area is 88.4 Å². The fraction of sp³-hybridized carbons (Fsp3) is 1.00. The van der Waals surface area contributed by atoms with Gasteiger partial charge in [0.2, 0.25) is 0 Å². The predicted octanol–water partition coefficient (Wildman–Crippen LogP) is 1.06. The molecule has 12 heavy (non-hydrogen) atoms. The molecule has 0 bridgehead atoms. The molecule has 0 radical (unpaired) electrons. The van der Waals surface area contributed by atoms with Gasteiger partial charge in [0.15, 0.2) is 0 Å². The van der Waals surface area contributed by atoms with Crippen LogP contribution in [0.15, 0.2) is 0 Å². The molecule has 3 unspecified atom stereocenters. The van der Waals surface area contributed by atoms with E-state index in [1.165, 1.54) is 23.9 Å². The smallest absolute Gasteiger partial charge is 0.0264 e. The molecule has 3 atom stereocenters. The summed E-state index contributed by atoms with van der Waals surface area (Å²) in [4.78, 5) is 5.07. The van der Waals surface area contributed by atoms with E-state index in [1.54, 1.807) is 0 Å². The lowest BCUT2D eigenvalue weighted by molar-refractivity contribution is 0.238. The summed E-state index contributed by atoms with van der Waals surface area (Å²) in [5.41, 5.74) is 0. The van der Waals surface area contributed by atoms with Gasteiger partial charge in [0.25, 0.3) is 0 Å². The first-order valence-electron chi connectivity index (χ1n) is 4.69. The molecular formula is C9H17IN2. The van der Waals surface area contributed by atoms with Crippen molar-refractivity contribution in [2.45, 2.75) is 18.5 Å². The van der Waals surface area contributed by atoms with Crippen LogP contribution in [0.4, 0.5) is 0 Å². The first-order chi connectivity index (χ1) is 5.72. The first kappa shape index (κ1) is 9.21. The van der Waals surface area contributed by atoms with Crippen LogP contribution in [0.5, 0.6) is 0 Å². The number of hydrogen-bond acceptors (Lipinski definition) is 2. The van der Waals surface area contributed by atoms with Crippen LogP contribution in [0.2, 0.25) is 0 Å². The molecule has 0 aliphatic carbocycles. The molecule has 2 aliphatic rings. The maximum absolute atomic E-state index is 2.60. The summed E-state index contributed by atoms with van der Waals surface area (Å²) in [5, 5.41) is 0. The van der Waals surface area contributed by atoms with E-state index in [-0.39, 0.29) is 0 Å². The molecule has 3 heteroatoms. The van der Waals surface area contributed by atoms with Crippen LogP contribution in [0, 0.1) is 5.92 Å². The first-order valence-corrected chi connectivity index (χ1v) is 6.21. The average molecular weight is 280 g/mol. The fourth-order valence-electron chi connectivity index (χ4n) is 2.72. The van der Waals surface area contributed by atoms with Crippen LogP contribution in [0.1, 0.15) is 6.42 Å². The van der Waals surface area contributed by atoms with E-state index in [2.05, 4.69) is 46.5 Å². The largest absolute Gasteiger partial charge is 0.304 e. The summed E-state index contributed by atoms with van der Waals surface area (Å²) < 4.78 is 1.30. The second kappa shape index (κ2) is 3.42. The van der Waals surface area contributed by atoms with Gasteiger partial charge in [-0.3, -0.25) is 4.90 Å². The van der Waals surface area contributed by atoms with Crippen LogP contribution < -0.4 is 0 Å². The van der Waals surface area contributed by atoms with E-state index in [4.69, 9.17) is 0 Å². The number of nitrogens with zero attached hydrogens (tertiary/aromatic N) is 2. The molecule has 0 aromatic rings. The minimum Gasteiger partial charge on any atom is -0.304 e. The Morgan fingerprint density at radius 2 is 2.08 bits per heavy atom.